The topological polar surface area (TPSA) is 17.1 Å². The lowest BCUT2D eigenvalue weighted by Crippen LogP contribution is -2.05. The van der Waals surface area contributed by atoms with Crippen LogP contribution in [0, 0.1) is 0 Å². The van der Waals surface area contributed by atoms with Gasteiger partial charge in [-0.15, -0.1) is 0 Å². The maximum absolute atomic E-state index is 11.6. The Hall–Kier alpha value is -0.150. The summed E-state index contributed by atoms with van der Waals surface area (Å²) in [5.41, 5.74) is 0. The number of rotatable bonds is 2. The van der Waals surface area contributed by atoms with Gasteiger partial charge in [0.1, 0.15) is 0 Å². The molecule has 1 aromatic carbocycles. The zero-order valence-corrected chi connectivity index (χ0v) is 9.48. The van der Waals surface area contributed by atoms with Crippen LogP contribution in [0.1, 0.15) is 13.8 Å². The SMILES string of the molecule is CC(C)S(=O)c1cccc(Br)c1. The van der Waals surface area contributed by atoms with Gasteiger partial charge in [0.25, 0.3) is 0 Å². The highest BCUT2D eigenvalue weighted by molar-refractivity contribution is 9.10. The molecule has 1 rings (SSSR count). The number of hydrogen-bond acceptors (Lipinski definition) is 1. The van der Waals surface area contributed by atoms with Crippen molar-refractivity contribution in [1.29, 1.82) is 0 Å². The Morgan fingerprint density at radius 1 is 1.42 bits per heavy atom. The van der Waals surface area contributed by atoms with Gasteiger partial charge < -0.3 is 0 Å². The minimum Gasteiger partial charge on any atom is -0.254 e. The van der Waals surface area contributed by atoms with Crippen molar-refractivity contribution < 1.29 is 4.21 Å². The van der Waals surface area contributed by atoms with Crippen molar-refractivity contribution in [3.05, 3.63) is 28.7 Å². The summed E-state index contributed by atoms with van der Waals surface area (Å²) in [5.74, 6) is 0. The molecule has 0 aliphatic carbocycles. The average molecular weight is 247 g/mol. The van der Waals surface area contributed by atoms with Crippen LogP contribution in [-0.4, -0.2) is 9.46 Å². The lowest BCUT2D eigenvalue weighted by Gasteiger charge is -2.04. The van der Waals surface area contributed by atoms with E-state index in [1.54, 1.807) is 0 Å². The molecule has 1 unspecified atom stereocenters. The van der Waals surface area contributed by atoms with Gasteiger partial charge in [0, 0.05) is 14.6 Å². The molecule has 1 aromatic rings. The van der Waals surface area contributed by atoms with Crippen LogP contribution < -0.4 is 0 Å². The van der Waals surface area contributed by atoms with E-state index in [1.807, 2.05) is 38.1 Å². The van der Waals surface area contributed by atoms with Gasteiger partial charge in [0.05, 0.1) is 10.8 Å². The van der Waals surface area contributed by atoms with Crippen LogP contribution in [0.15, 0.2) is 33.6 Å². The molecule has 66 valence electrons. The van der Waals surface area contributed by atoms with Gasteiger partial charge in [-0.1, -0.05) is 35.8 Å². The minimum atomic E-state index is -0.875. The van der Waals surface area contributed by atoms with Crippen molar-refractivity contribution >= 4 is 26.7 Å². The maximum atomic E-state index is 11.6. The van der Waals surface area contributed by atoms with Crippen LogP contribution in [0.3, 0.4) is 0 Å². The van der Waals surface area contributed by atoms with Crippen LogP contribution in [-0.2, 0) is 10.8 Å². The largest absolute Gasteiger partial charge is 0.254 e. The van der Waals surface area contributed by atoms with Crippen LogP contribution in [0.5, 0.6) is 0 Å². The fourth-order valence-corrected chi connectivity index (χ4v) is 2.42. The van der Waals surface area contributed by atoms with E-state index in [-0.39, 0.29) is 5.25 Å². The molecule has 0 radical (unpaired) electrons. The highest BCUT2D eigenvalue weighted by Gasteiger charge is 2.07. The first-order valence-corrected chi connectivity index (χ1v) is 5.78. The van der Waals surface area contributed by atoms with Crippen molar-refractivity contribution in [1.82, 2.24) is 0 Å². The molecule has 1 atom stereocenters. The summed E-state index contributed by atoms with van der Waals surface area (Å²) in [7, 11) is -0.875. The molecule has 0 saturated heterocycles. The normalized spacial score (nSPS) is 13.3. The predicted molar refractivity (Wildman–Crippen MR) is 55.7 cm³/mol. The van der Waals surface area contributed by atoms with Gasteiger partial charge in [-0.05, 0) is 18.2 Å². The minimum absolute atomic E-state index is 0.180. The number of halogens is 1. The molecule has 0 aliphatic rings. The van der Waals surface area contributed by atoms with E-state index in [1.165, 1.54) is 0 Å². The molecule has 0 bridgehead atoms. The molecule has 0 aliphatic heterocycles. The molecule has 0 aromatic heterocycles. The third kappa shape index (κ3) is 2.42. The second kappa shape index (κ2) is 4.19. The number of hydrogen-bond donors (Lipinski definition) is 0. The third-order valence-electron chi connectivity index (χ3n) is 1.46. The summed E-state index contributed by atoms with van der Waals surface area (Å²) in [4.78, 5) is 0.888. The van der Waals surface area contributed by atoms with Gasteiger partial charge in [-0.2, -0.15) is 0 Å². The van der Waals surface area contributed by atoms with E-state index in [9.17, 15) is 4.21 Å². The van der Waals surface area contributed by atoms with E-state index in [2.05, 4.69) is 15.9 Å². The molecule has 0 heterocycles. The Balaban J connectivity index is 2.96. The van der Waals surface area contributed by atoms with E-state index in [0.29, 0.717) is 0 Å². The monoisotopic (exact) mass is 246 g/mol. The molecule has 3 heteroatoms. The second-order valence-corrected chi connectivity index (χ2v) is 5.73. The molecule has 0 amide bonds. The molecule has 0 spiro atoms. The summed E-state index contributed by atoms with van der Waals surface area (Å²) in [6.45, 7) is 3.91. The fraction of sp³-hybridized carbons (Fsp3) is 0.333. The molecule has 12 heavy (non-hydrogen) atoms. The fourth-order valence-electron chi connectivity index (χ4n) is 0.864. The van der Waals surface area contributed by atoms with E-state index in [4.69, 9.17) is 0 Å². The van der Waals surface area contributed by atoms with Crippen molar-refractivity contribution in [3.8, 4) is 0 Å². The molecule has 0 saturated carbocycles. The maximum Gasteiger partial charge on any atom is 0.0555 e. The highest BCUT2D eigenvalue weighted by atomic mass is 79.9. The first-order valence-electron chi connectivity index (χ1n) is 3.77. The van der Waals surface area contributed by atoms with Gasteiger partial charge in [-0.25, -0.2) is 0 Å². The smallest absolute Gasteiger partial charge is 0.0555 e. The second-order valence-electron chi connectivity index (χ2n) is 2.80. The zero-order chi connectivity index (χ0) is 9.14. The summed E-state index contributed by atoms with van der Waals surface area (Å²) in [6.07, 6.45) is 0. The molecular weight excluding hydrogens is 236 g/mol. The molecular formula is C9H11BrOS. The van der Waals surface area contributed by atoms with Crippen molar-refractivity contribution in [2.24, 2.45) is 0 Å². The van der Waals surface area contributed by atoms with E-state index in [0.717, 1.165) is 9.37 Å². The van der Waals surface area contributed by atoms with Crippen molar-refractivity contribution in [3.63, 3.8) is 0 Å². The quantitative estimate of drug-likeness (QED) is 0.785. The standard InChI is InChI=1S/C9H11BrOS/c1-7(2)12(11)9-5-3-4-8(10)6-9/h3-7H,1-2H3. The number of benzene rings is 1. The Morgan fingerprint density at radius 2 is 2.08 bits per heavy atom. The Bertz CT molecular complexity index is 296. The van der Waals surface area contributed by atoms with E-state index >= 15 is 0 Å². The van der Waals surface area contributed by atoms with Crippen LogP contribution >= 0.6 is 15.9 Å². The zero-order valence-electron chi connectivity index (χ0n) is 7.08. The van der Waals surface area contributed by atoms with Gasteiger partial charge in [-0.3, -0.25) is 4.21 Å². The van der Waals surface area contributed by atoms with Gasteiger partial charge in [0.15, 0.2) is 0 Å². The Kier molecular flexibility index (Phi) is 3.47. The Labute approximate surface area is 83.8 Å². The molecule has 1 nitrogen and oxygen atoms in total. The van der Waals surface area contributed by atoms with E-state index < -0.39 is 10.8 Å². The first-order chi connectivity index (χ1) is 5.61. The first kappa shape index (κ1) is 9.93. The third-order valence-corrected chi connectivity index (χ3v) is 3.52. The van der Waals surface area contributed by atoms with Crippen molar-refractivity contribution in [2.75, 3.05) is 0 Å². The van der Waals surface area contributed by atoms with Gasteiger partial charge >= 0.3 is 0 Å². The van der Waals surface area contributed by atoms with Crippen LogP contribution in [0.4, 0.5) is 0 Å². The average Bonchev–Trinajstić information content (AvgIpc) is 2.03. The summed E-state index contributed by atoms with van der Waals surface area (Å²) >= 11 is 3.35. The predicted octanol–water partition coefficient (Wildman–Crippen LogP) is 2.97. The lowest BCUT2D eigenvalue weighted by atomic mass is 10.4. The molecule has 0 fully saturated rings. The summed E-state index contributed by atoms with van der Waals surface area (Å²) in [6, 6.07) is 7.62. The van der Waals surface area contributed by atoms with Gasteiger partial charge in [0.2, 0.25) is 0 Å². The molecule has 0 N–H and O–H groups in total. The van der Waals surface area contributed by atoms with Crippen LogP contribution in [0.2, 0.25) is 0 Å². The summed E-state index contributed by atoms with van der Waals surface area (Å²) < 4.78 is 12.6. The highest BCUT2D eigenvalue weighted by Crippen LogP contribution is 2.16. The Morgan fingerprint density at radius 3 is 2.58 bits per heavy atom. The lowest BCUT2D eigenvalue weighted by molar-refractivity contribution is 0.676. The van der Waals surface area contributed by atoms with Crippen molar-refractivity contribution in [2.45, 2.75) is 24.0 Å². The van der Waals surface area contributed by atoms with Crippen LogP contribution in [0.25, 0.3) is 0 Å². The summed E-state index contributed by atoms with van der Waals surface area (Å²) in [5, 5.41) is 0.180.